The highest BCUT2D eigenvalue weighted by Crippen LogP contribution is 2.32. The van der Waals surface area contributed by atoms with Gasteiger partial charge in [-0.25, -0.2) is 4.57 Å². The number of para-hydroxylation sites is 1. The lowest BCUT2D eigenvalue weighted by molar-refractivity contribution is 0.400. The third kappa shape index (κ3) is 3.97. The standard InChI is InChI=1S/C26H24N4O4S/c1-16-9-11-23(34-4)21(13-16)29-24(31)19-7-5-6-8-20(19)30-25(29)27-28-26(30)35-15-17-14-18(32-2)10-12-22(17)33-3/h5-14H,15H2,1-4H3. The van der Waals surface area contributed by atoms with Crippen LogP contribution in [0.15, 0.2) is 70.6 Å². The van der Waals surface area contributed by atoms with Gasteiger partial charge in [0.1, 0.15) is 17.2 Å². The largest absolute Gasteiger partial charge is 0.497 e. The fourth-order valence-corrected chi connectivity index (χ4v) is 5.02. The highest BCUT2D eigenvalue weighted by molar-refractivity contribution is 7.98. The molecule has 5 rings (SSSR count). The SMILES string of the molecule is COc1ccc(OC)c(CSc2nnc3n(-c4cc(C)ccc4OC)c(=O)c4ccccc4n23)c1. The summed E-state index contributed by atoms with van der Waals surface area (Å²) in [6.45, 7) is 1.97. The van der Waals surface area contributed by atoms with Crippen molar-refractivity contribution in [3.05, 3.63) is 82.1 Å². The smallest absolute Gasteiger partial charge is 0.267 e. The van der Waals surface area contributed by atoms with E-state index in [0.29, 0.717) is 33.5 Å². The van der Waals surface area contributed by atoms with E-state index in [1.807, 2.05) is 72.0 Å². The minimum atomic E-state index is -0.185. The Hall–Kier alpha value is -3.98. The minimum absolute atomic E-state index is 0.185. The molecule has 0 bridgehead atoms. The monoisotopic (exact) mass is 488 g/mol. The van der Waals surface area contributed by atoms with Gasteiger partial charge in [0.2, 0.25) is 5.78 Å². The molecule has 0 spiro atoms. The zero-order chi connectivity index (χ0) is 24.5. The van der Waals surface area contributed by atoms with E-state index in [9.17, 15) is 4.79 Å². The molecule has 5 aromatic rings. The molecule has 2 heterocycles. The normalized spacial score (nSPS) is 11.2. The van der Waals surface area contributed by atoms with E-state index in [0.717, 1.165) is 28.1 Å². The maximum absolute atomic E-state index is 13.7. The Kier molecular flexibility index (Phi) is 6.08. The Labute approximate surface area is 206 Å². The van der Waals surface area contributed by atoms with Crippen molar-refractivity contribution >= 4 is 28.4 Å². The number of fused-ring (bicyclic) bond motifs is 3. The van der Waals surface area contributed by atoms with Crippen molar-refractivity contribution < 1.29 is 14.2 Å². The maximum atomic E-state index is 13.7. The Morgan fingerprint density at radius 3 is 2.43 bits per heavy atom. The number of aromatic nitrogens is 4. The summed E-state index contributed by atoms with van der Waals surface area (Å²) in [5, 5.41) is 10.1. The Morgan fingerprint density at radius 1 is 0.886 bits per heavy atom. The minimum Gasteiger partial charge on any atom is -0.497 e. The van der Waals surface area contributed by atoms with Gasteiger partial charge in [0.25, 0.3) is 5.56 Å². The maximum Gasteiger partial charge on any atom is 0.267 e. The summed E-state index contributed by atoms with van der Waals surface area (Å²) in [6.07, 6.45) is 0. The number of benzene rings is 3. The van der Waals surface area contributed by atoms with Crippen molar-refractivity contribution in [1.82, 2.24) is 19.2 Å². The van der Waals surface area contributed by atoms with Crippen molar-refractivity contribution in [2.24, 2.45) is 0 Å². The van der Waals surface area contributed by atoms with Crippen LogP contribution in [0.2, 0.25) is 0 Å². The lowest BCUT2D eigenvalue weighted by Crippen LogP contribution is -2.22. The molecule has 0 radical (unpaired) electrons. The van der Waals surface area contributed by atoms with Crippen LogP contribution in [0.1, 0.15) is 11.1 Å². The third-order valence-electron chi connectivity index (χ3n) is 5.81. The number of ether oxygens (including phenoxy) is 3. The van der Waals surface area contributed by atoms with Crippen LogP contribution in [0, 0.1) is 6.92 Å². The van der Waals surface area contributed by atoms with Crippen molar-refractivity contribution in [2.75, 3.05) is 21.3 Å². The lowest BCUT2D eigenvalue weighted by Gasteiger charge is -2.15. The number of aryl methyl sites for hydroxylation is 1. The number of rotatable bonds is 7. The van der Waals surface area contributed by atoms with E-state index < -0.39 is 0 Å². The third-order valence-corrected chi connectivity index (χ3v) is 6.79. The Morgan fingerprint density at radius 2 is 1.66 bits per heavy atom. The molecule has 0 atom stereocenters. The van der Waals surface area contributed by atoms with Crippen LogP contribution in [0.3, 0.4) is 0 Å². The second-order valence-electron chi connectivity index (χ2n) is 7.92. The molecule has 0 N–H and O–H groups in total. The molecule has 0 fully saturated rings. The number of methoxy groups -OCH3 is 3. The fourth-order valence-electron chi connectivity index (χ4n) is 4.10. The molecule has 0 saturated carbocycles. The van der Waals surface area contributed by atoms with Gasteiger partial charge in [0.05, 0.1) is 37.9 Å². The second kappa shape index (κ2) is 9.34. The summed E-state index contributed by atoms with van der Waals surface area (Å²) in [4.78, 5) is 13.7. The molecule has 35 heavy (non-hydrogen) atoms. The first kappa shape index (κ1) is 22.8. The van der Waals surface area contributed by atoms with Crippen LogP contribution in [-0.2, 0) is 5.75 Å². The van der Waals surface area contributed by atoms with E-state index >= 15 is 0 Å². The lowest BCUT2D eigenvalue weighted by atomic mass is 10.2. The van der Waals surface area contributed by atoms with Gasteiger partial charge in [0.15, 0.2) is 5.16 Å². The van der Waals surface area contributed by atoms with E-state index in [2.05, 4.69) is 10.2 Å². The zero-order valence-corrected chi connectivity index (χ0v) is 20.6. The van der Waals surface area contributed by atoms with Gasteiger partial charge < -0.3 is 14.2 Å². The molecule has 8 nitrogen and oxygen atoms in total. The first-order valence-corrected chi connectivity index (χ1v) is 11.9. The van der Waals surface area contributed by atoms with E-state index in [-0.39, 0.29) is 5.56 Å². The summed E-state index contributed by atoms with van der Waals surface area (Å²) in [6, 6.07) is 18.9. The van der Waals surface area contributed by atoms with E-state index in [4.69, 9.17) is 14.2 Å². The molecule has 0 aliphatic carbocycles. The average molecular weight is 489 g/mol. The highest BCUT2D eigenvalue weighted by Gasteiger charge is 2.20. The molecular formula is C26H24N4O4S. The molecule has 0 aliphatic rings. The van der Waals surface area contributed by atoms with E-state index in [1.54, 1.807) is 25.9 Å². The average Bonchev–Trinajstić information content (AvgIpc) is 3.31. The van der Waals surface area contributed by atoms with Crippen molar-refractivity contribution in [3.8, 4) is 22.9 Å². The molecular weight excluding hydrogens is 464 g/mol. The summed E-state index contributed by atoms with van der Waals surface area (Å²) in [7, 11) is 4.86. The van der Waals surface area contributed by atoms with Gasteiger partial charge in [-0.3, -0.25) is 9.20 Å². The molecule has 3 aromatic carbocycles. The molecule has 0 amide bonds. The van der Waals surface area contributed by atoms with Gasteiger partial charge in [-0.05, 0) is 55.0 Å². The van der Waals surface area contributed by atoms with Crippen LogP contribution in [0.25, 0.3) is 22.4 Å². The number of hydrogen-bond donors (Lipinski definition) is 0. The van der Waals surface area contributed by atoms with Crippen LogP contribution in [-0.4, -0.2) is 40.5 Å². The van der Waals surface area contributed by atoms with E-state index in [1.165, 1.54) is 11.8 Å². The van der Waals surface area contributed by atoms with Crippen molar-refractivity contribution in [1.29, 1.82) is 0 Å². The number of thioether (sulfide) groups is 1. The van der Waals surface area contributed by atoms with Gasteiger partial charge in [0, 0.05) is 11.3 Å². The van der Waals surface area contributed by atoms with Crippen molar-refractivity contribution in [2.45, 2.75) is 17.8 Å². The fraction of sp³-hybridized carbons (Fsp3) is 0.192. The molecule has 178 valence electrons. The first-order valence-electron chi connectivity index (χ1n) is 10.9. The quantitative estimate of drug-likeness (QED) is 0.308. The van der Waals surface area contributed by atoms with Crippen LogP contribution in [0.4, 0.5) is 0 Å². The number of hydrogen-bond acceptors (Lipinski definition) is 7. The molecule has 0 aliphatic heterocycles. The predicted molar refractivity (Wildman–Crippen MR) is 136 cm³/mol. The van der Waals surface area contributed by atoms with Gasteiger partial charge in [-0.2, -0.15) is 0 Å². The first-order chi connectivity index (χ1) is 17.0. The molecule has 0 unspecified atom stereocenters. The van der Waals surface area contributed by atoms with Crippen LogP contribution < -0.4 is 19.8 Å². The van der Waals surface area contributed by atoms with Gasteiger partial charge in [-0.15, -0.1) is 10.2 Å². The Bertz CT molecular complexity index is 1610. The van der Waals surface area contributed by atoms with Crippen LogP contribution >= 0.6 is 11.8 Å². The highest BCUT2D eigenvalue weighted by atomic mass is 32.2. The molecule has 2 aromatic heterocycles. The molecule has 9 heteroatoms. The summed E-state index contributed by atoms with van der Waals surface area (Å²) >= 11 is 1.50. The van der Waals surface area contributed by atoms with Crippen molar-refractivity contribution in [3.63, 3.8) is 0 Å². The number of nitrogens with zero attached hydrogens (tertiary/aromatic N) is 4. The second-order valence-corrected chi connectivity index (χ2v) is 8.86. The topological polar surface area (TPSA) is 79.9 Å². The Balaban J connectivity index is 1.71. The zero-order valence-electron chi connectivity index (χ0n) is 19.8. The van der Waals surface area contributed by atoms with Gasteiger partial charge in [-0.1, -0.05) is 30.0 Å². The predicted octanol–water partition coefficient (Wildman–Crippen LogP) is 4.66. The summed E-state index contributed by atoms with van der Waals surface area (Å²) in [5.41, 5.74) is 3.13. The summed E-state index contributed by atoms with van der Waals surface area (Å²) < 4.78 is 20.0. The molecule has 0 saturated heterocycles. The van der Waals surface area contributed by atoms with Crippen LogP contribution in [0.5, 0.6) is 17.2 Å². The summed E-state index contributed by atoms with van der Waals surface area (Å²) in [5.74, 6) is 3.07. The van der Waals surface area contributed by atoms with Gasteiger partial charge >= 0.3 is 0 Å².